The smallest absolute Gasteiger partial charge is 0.287 e. The first kappa shape index (κ1) is 20.1. The summed E-state index contributed by atoms with van der Waals surface area (Å²) < 4.78 is 41.4. The van der Waals surface area contributed by atoms with E-state index in [1.54, 1.807) is 25.1 Å². The first-order valence-corrected chi connectivity index (χ1v) is 10.9. The number of urea groups is 1. The number of fused-ring (bicyclic) bond motifs is 1. The maximum atomic E-state index is 14.2. The zero-order valence-electron chi connectivity index (χ0n) is 16.9. The number of anilines is 2. The molecular formula is C23H21FN2O3S. The molecule has 0 atom stereocenters. The van der Waals surface area contributed by atoms with Crippen LogP contribution < -0.4 is 9.21 Å². The highest BCUT2D eigenvalue weighted by molar-refractivity contribution is 7.94. The summed E-state index contributed by atoms with van der Waals surface area (Å²) >= 11 is 0. The van der Waals surface area contributed by atoms with Gasteiger partial charge in [-0.05, 0) is 67.3 Å². The SMILES string of the molecule is Cc1ccc(CN2C(=O)N(c3ccc(C)c(F)c3)S(=O)(=O)c3ccccc32)cc1C. The van der Waals surface area contributed by atoms with Gasteiger partial charge in [0.25, 0.3) is 10.0 Å². The second-order valence-corrected chi connectivity index (χ2v) is 9.21. The van der Waals surface area contributed by atoms with Gasteiger partial charge < -0.3 is 0 Å². The van der Waals surface area contributed by atoms with E-state index < -0.39 is 21.9 Å². The number of aryl methyl sites for hydroxylation is 3. The average molecular weight is 424 g/mol. The van der Waals surface area contributed by atoms with Crippen molar-refractivity contribution in [2.75, 3.05) is 9.21 Å². The van der Waals surface area contributed by atoms with Crippen LogP contribution in [0.4, 0.5) is 20.6 Å². The number of para-hydroxylation sites is 1. The Morgan fingerprint density at radius 1 is 0.867 bits per heavy atom. The minimum absolute atomic E-state index is 0.00872. The number of benzene rings is 3. The van der Waals surface area contributed by atoms with E-state index in [9.17, 15) is 17.6 Å². The molecule has 4 rings (SSSR count). The van der Waals surface area contributed by atoms with Crippen LogP contribution in [0.2, 0.25) is 0 Å². The highest BCUT2D eigenvalue weighted by atomic mass is 32.2. The van der Waals surface area contributed by atoms with Crippen LogP contribution >= 0.6 is 0 Å². The Balaban J connectivity index is 1.86. The van der Waals surface area contributed by atoms with Crippen molar-refractivity contribution in [1.29, 1.82) is 0 Å². The van der Waals surface area contributed by atoms with E-state index in [4.69, 9.17) is 0 Å². The van der Waals surface area contributed by atoms with Gasteiger partial charge in [0.2, 0.25) is 0 Å². The van der Waals surface area contributed by atoms with Gasteiger partial charge in [0.05, 0.1) is 17.9 Å². The molecule has 0 spiro atoms. The summed E-state index contributed by atoms with van der Waals surface area (Å²) in [4.78, 5) is 14.8. The van der Waals surface area contributed by atoms with Gasteiger partial charge in [0, 0.05) is 0 Å². The number of halogens is 1. The summed E-state index contributed by atoms with van der Waals surface area (Å²) in [5.41, 5.74) is 3.73. The third kappa shape index (κ3) is 3.25. The minimum Gasteiger partial charge on any atom is -0.287 e. The maximum absolute atomic E-state index is 14.2. The molecule has 0 saturated heterocycles. The summed E-state index contributed by atoms with van der Waals surface area (Å²) in [6, 6.07) is 15.5. The molecule has 0 aliphatic carbocycles. The van der Waals surface area contributed by atoms with E-state index >= 15 is 0 Å². The summed E-state index contributed by atoms with van der Waals surface area (Å²) in [6.07, 6.45) is 0. The van der Waals surface area contributed by atoms with Crippen molar-refractivity contribution in [1.82, 2.24) is 0 Å². The lowest BCUT2D eigenvalue weighted by molar-refractivity contribution is 0.253. The van der Waals surface area contributed by atoms with Gasteiger partial charge in [0.15, 0.2) is 0 Å². The van der Waals surface area contributed by atoms with E-state index in [1.807, 2.05) is 32.0 Å². The Morgan fingerprint density at radius 3 is 2.27 bits per heavy atom. The normalized spacial score (nSPS) is 15.3. The van der Waals surface area contributed by atoms with Crippen LogP contribution in [0.3, 0.4) is 0 Å². The van der Waals surface area contributed by atoms with Crippen LogP contribution in [0.5, 0.6) is 0 Å². The Morgan fingerprint density at radius 2 is 1.57 bits per heavy atom. The minimum atomic E-state index is -4.18. The van der Waals surface area contributed by atoms with Crippen molar-refractivity contribution in [2.24, 2.45) is 0 Å². The second-order valence-electron chi connectivity index (χ2n) is 7.46. The fraction of sp³-hybridized carbons (Fsp3) is 0.174. The lowest BCUT2D eigenvalue weighted by Gasteiger charge is -2.36. The molecule has 0 fully saturated rings. The van der Waals surface area contributed by atoms with E-state index in [-0.39, 0.29) is 17.1 Å². The Hall–Kier alpha value is -3.19. The van der Waals surface area contributed by atoms with Crippen molar-refractivity contribution in [3.8, 4) is 0 Å². The number of hydrogen-bond acceptors (Lipinski definition) is 3. The van der Waals surface area contributed by atoms with Gasteiger partial charge in [0.1, 0.15) is 10.7 Å². The lowest BCUT2D eigenvalue weighted by atomic mass is 10.1. The zero-order chi connectivity index (χ0) is 21.6. The fourth-order valence-corrected chi connectivity index (χ4v) is 5.09. The standard InChI is InChI=1S/C23H21FN2O3S/c1-15-8-10-18(12-17(15)3)14-25-21-6-4-5-7-22(21)30(28,29)26(23(25)27)19-11-9-16(2)20(24)13-19/h4-13H,14H2,1-3H3. The molecule has 0 aromatic heterocycles. The van der Waals surface area contributed by atoms with Crippen molar-refractivity contribution >= 4 is 27.4 Å². The summed E-state index contributed by atoms with van der Waals surface area (Å²) in [5.74, 6) is -0.574. The Kier molecular flexibility index (Phi) is 4.86. The van der Waals surface area contributed by atoms with Crippen LogP contribution in [-0.2, 0) is 16.6 Å². The van der Waals surface area contributed by atoms with E-state index in [0.717, 1.165) is 22.8 Å². The van der Waals surface area contributed by atoms with Crippen molar-refractivity contribution in [2.45, 2.75) is 32.2 Å². The van der Waals surface area contributed by atoms with E-state index in [0.29, 0.717) is 15.6 Å². The molecular weight excluding hydrogens is 403 g/mol. The molecule has 0 N–H and O–H groups in total. The molecule has 0 unspecified atom stereocenters. The molecule has 1 heterocycles. The molecule has 154 valence electrons. The summed E-state index contributed by atoms with van der Waals surface area (Å²) in [7, 11) is -4.18. The van der Waals surface area contributed by atoms with Gasteiger partial charge >= 0.3 is 6.03 Å². The quantitative estimate of drug-likeness (QED) is 0.589. The van der Waals surface area contributed by atoms with Crippen LogP contribution in [0.25, 0.3) is 0 Å². The predicted octanol–water partition coefficient (Wildman–Crippen LogP) is 5.09. The predicted molar refractivity (Wildman–Crippen MR) is 115 cm³/mol. The fourth-order valence-electron chi connectivity index (χ4n) is 3.51. The van der Waals surface area contributed by atoms with Crippen molar-refractivity contribution < 1.29 is 17.6 Å². The third-order valence-electron chi connectivity index (χ3n) is 5.38. The Bertz CT molecular complexity index is 1270. The second kappa shape index (κ2) is 7.25. The van der Waals surface area contributed by atoms with Gasteiger partial charge in [-0.2, -0.15) is 4.31 Å². The molecule has 0 saturated carbocycles. The van der Waals surface area contributed by atoms with Gasteiger partial charge in [-0.25, -0.2) is 17.6 Å². The van der Waals surface area contributed by atoms with E-state index in [1.165, 1.54) is 23.1 Å². The molecule has 3 aromatic carbocycles. The highest BCUT2D eigenvalue weighted by Gasteiger charge is 2.42. The zero-order valence-corrected chi connectivity index (χ0v) is 17.7. The molecule has 2 amide bonds. The number of hydrogen-bond donors (Lipinski definition) is 0. The van der Waals surface area contributed by atoms with Crippen molar-refractivity contribution in [3.63, 3.8) is 0 Å². The molecule has 1 aliphatic heterocycles. The summed E-state index contributed by atoms with van der Waals surface area (Å²) in [6.45, 7) is 5.75. The monoisotopic (exact) mass is 424 g/mol. The van der Waals surface area contributed by atoms with E-state index in [2.05, 4.69) is 0 Å². The number of carbonyl (C=O) groups is 1. The van der Waals surface area contributed by atoms with Crippen LogP contribution in [-0.4, -0.2) is 14.4 Å². The molecule has 0 bridgehead atoms. The number of rotatable bonds is 3. The lowest BCUT2D eigenvalue weighted by Crippen LogP contribution is -2.50. The average Bonchev–Trinajstić information content (AvgIpc) is 2.70. The maximum Gasteiger partial charge on any atom is 0.343 e. The highest BCUT2D eigenvalue weighted by Crippen LogP contribution is 2.38. The van der Waals surface area contributed by atoms with Gasteiger partial charge in [-0.15, -0.1) is 0 Å². The van der Waals surface area contributed by atoms with Gasteiger partial charge in [-0.1, -0.05) is 36.4 Å². The number of carbonyl (C=O) groups excluding carboxylic acids is 1. The van der Waals surface area contributed by atoms with Crippen LogP contribution in [0.15, 0.2) is 65.6 Å². The Labute approximate surface area is 175 Å². The number of nitrogens with zero attached hydrogens (tertiary/aromatic N) is 2. The first-order chi connectivity index (χ1) is 14.2. The molecule has 7 heteroatoms. The van der Waals surface area contributed by atoms with Crippen LogP contribution in [0.1, 0.15) is 22.3 Å². The van der Waals surface area contributed by atoms with Crippen molar-refractivity contribution in [3.05, 3.63) is 88.7 Å². The summed E-state index contributed by atoms with van der Waals surface area (Å²) in [5, 5.41) is 0. The third-order valence-corrected chi connectivity index (χ3v) is 7.13. The molecule has 5 nitrogen and oxygen atoms in total. The number of sulfonamides is 1. The number of amides is 2. The largest absolute Gasteiger partial charge is 0.343 e. The topological polar surface area (TPSA) is 57.7 Å². The van der Waals surface area contributed by atoms with Crippen LogP contribution in [0, 0.1) is 26.6 Å². The molecule has 30 heavy (non-hydrogen) atoms. The van der Waals surface area contributed by atoms with Gasteiger partial charge in [-0.3, -0.25) is 4.90 Å². The first-order valence-electron chi connectivity index (χ1n) is 9.48. The molecule has 0 radical (unpaired) electrons. The molecule has 1 aliphatic rings. The molecule has 3 aromatic rings.